The Morgan fingerprint density at radius 1 is 1.38 bits per heavy atom. The van der Waals surface area contributed by atoms with Crippen LogP contribution in [0.3, 0.4) is 0 Å². The number of carbonyl (C=O) groups is 1. The summed E-state index contributed by atoms with van der Waals surface area (Å²) in [7, 11) is 1.31. The number of nitrogens with one attached hydrogen (secondary N) is 1. The van der Waals surface area contributed by atoms with Crippen molar-refractivity contribution in [3.63, 3.8) is 0 Å². The number of H-pyrrole nitrogens is 1. The highest BCUT2D eigenvalue weighted by Gasteiger charge is 2.37. The van der Waals surface area contributed by atoms with Crippen LogP contribution in [0.25, 0.3) is 5.57 Å². The molecule has 138 valence electrons. The van der Waals surface area contributed by atoms with Gasteiger partial charge in [-0.1, -0.05) is 26.0 Å². The van der Waals surface area contributed by atoms with Gasteiger partial charge in [0, 0.05) is 29.3 Å². The van der Waals surface area contributed by atoms with Crippen molar-refractivity contribution in [3.8, 4) is 0 Å². The van der Waals surface area contributed by atoms with Gasteiger partial charge in [-0.15, -0.1) is 0 Å². The van der Waals surface area contributed by atoms with Crippen LogP contribution in [0.15, 0.2) is 30.5 Å². The Morgan fingerprint density at radius 3 is 2.65 bits per heavy atom. The molecule has 6 nitrogen and oxygen atoms in total. The lowest BCUT2D eigenvalue weighted by atomic mass is 9.85. The first-order valence-electron chi connectivity index (χ1n) is 8.30. The van der Waals surface area contributed by atoms with Crippen molar-refractivity contribution in [3.05, 3.63) is 58.8 Å². The molecule has 7 heteroatoms. The number of nitrogens with zero attached hydrogens (tertiary/aromatic N) is 2. The van der Waals surface area contributed by atoms with Crippen molar-refractivity contribution in [2.24, 2.45) is 0 Å². The maximum atomic E-state index is 13.2. The van der Waals surface area contributed by atoms with Crippen LogP contribution in [-0.4, -0.2) is 39.8 Å². The maximum absolute atomic E-state index is 13.2. The van der Waals surface area contributed by atoms with Gasteiger partial charge in [-0.05, 0) is 19.1 Å². The summed E-state index contributed by atoms with van der Waals surface area (Å²) >= 11 is 0. The van der Waals surface area contributed by atoms with E-state index in [4.69, 9.17) is 4.74 Å². The molecule has 3 rings (SSSR count). The number of aliphatic hydroxyl groups excluding tert-OH is 1. The monoisotopic (exact) mass is 359 g/mol. The first-order chi connectivity index (χ1) is 12.2. The van der Waals surface area contributed by atoms with Crippen LogP contribution in [0.4, 0.5) is 4.39 Å². The molecule has 0 saturated heterocycles. The summed E-state index contributed by atoms with van der Waals surface area (Å²) in [5.74, 6) is -0.885. The number of halogens is 1. The lowest BCUT2D eigenvalue weighted by Gasteiger charge is -2.33. The molecule has 1 unspecified atom stereocenters. The third-order valence-corrected chi connectivity index (χ3v) is 4.65. The number of aromatic amines is 1. The first-order valence-corrected chi connectivity index (χ1v) is 8.30. The van der Waals surface area contributed by atoms with Crippen molar-refractivity contribution in [1.29, 1.82) is 0 Å². The van der Waals surface area contributed by atoms with Crippen LogP contribution < -0.4 is 0 Å². The minimum absolute atomic E-state index is 0.320. The van der Waals surface area contributed by atoms with E-state index in [9.17, 15) is 14.3 Å². The van der Waals surface area contributed by atoms with Gasteiger partial charge in [0.05, 0.1) is 24.1 Å². The van der Waals surface area contributed by atoms with Gasteiger partial charge >= 0.3 is 5.97 Å². The van der Waals surface area contributed by atoms with Gasteiger partial charge in [-0.3, -0.25) is 5.10 Å². The number of carbonyl (C=O) groups excluding carboxylic acids is 1. The minimum Gasteiger partial charge on any atom is -0.465 e. The van der Waals surface area contributed by atoms with Crippen LogP contribution in [0.1, 0.15) is 42.6 Å². The Kier molecular flexibility index (Phi) is 4.58. The average Bonchev–Trinajstić information content (AvgIpc) is 2.94. The molecule has 1 aliphatic rings. The predicted molar refractivity (Wildman–Crippen MR) is 94.4 cm³/mol. The SMILES string of the molecule is COC(=O)C1=CN(C(O)c2ccc(F)cc2)CC(C)(C)c2[nH]nc(C)c21. The summed E-state index contributed by atoms with van der Waals surface area (Å²) in [5, 5.41) is 18.1. The van der Waals surface area contributed by atoms with Crippen molar-refractivity contribution < 1.29 is 19.0 Å². The number of aromatic nitrogens is 2. The Hall–Kier alpha value is -2.67. The first kappa shape index (κ1) is 18.1. The number of hydrogen-bond donors (Lipinski definition) is 2. The number of methoxy groups -OCH3 is 1. The summed E-state index contributed by atoms with van der Waals surface area (Å²) < 4.78 is 18.1. The zero-order valence-electron chi connectivity index (χ0n) is 15.2. The van der Waals surface area contributed by atoms with Crippen molar-refractivity contribution in [1.82, 2.24) is 15.1 Å². The van der Waals surface area contributed by atoms with Crippen LogP contribution in [0.2, 0.25) is 0 Å². The van der Waals surface area contributed by atoms with Gasteiger partial charge in [0.1, 0.15) is 5.82 Å². The predicted octanol–water partition coefficient (Wildman–Crippen LogP) is 2.66. The number of benzene rings is 1. The van der Waals surface area contributed by atoms with Crippen LogP contribution in [-0.2, 0) is 14.9 Å². The molecule has 0 saturated carbocycles. The van der Waals surface area contributed by atoms with E-state index in [0.717, 1.165) is 5.69 Å². The third kappa shape index (κ3) is 3.10. The van der Waals surface area contributed by atoms with Gasteiger partial charge in [0.2, 0.25) is 0 Å². The van der Waals surface area contributed by atoms with E-state index in [1.165, 1.54) is 31.4 Å². The Balaban J connectivity index is 2.11. The highest BCUT2D eigenvalue weighted by Crippen LogP contribution is 2.38. The van der Waals surface area contributed by atoms with E-state index in [-0.39, 0.29) is 5.82 Å². The standard InChI is InChI=1S/C19H22FN3O3/c1-11-15-14(18(25)26-4)9-23(10-19(2,3)16(15)22-21-11)17(24)12-5-7-13(20)8-6-12/h5-9,17,24H,10H2,1-4H3,(H,21,22). The van der Waals surface area contributed by atoms with Crippen molar-refractivity contribution >= 4 is 11.5 Å². The summed E-state index contributed by atoms with van der Waals surface area (Å²) in [4.78, 5) is 14.1. The highest BCUT2D eigenvalue weighted by atomic mass is 19.1. The van der Waals surface area contributed by atoms with Gasteiger partial charge in [-0.25, -0.2) is 9.18 Å². The zero-order chi connectivity index (χ0) is 19.1. The second-order valence-corrected chi connectivity index (χ2v) is 7.07. The van der Waals surface area contributed by atoms with Gasteiger partial charge in [0.25, 0.3) is 0 Å². The normalized spacial score (nSPS) is 17.2. The van der Waals surface area contributed by atoms with Gasteiger partial charge in [-0.2, -0.15) is 5.10 Å². The molecule has 0 spiro atoms. The number of fused-ring (bicyclic) bond motifs is 1. The van der Waals surface area contributed by atoms with E-state index in [0.29, 0.717) is 28.9 Å². The summed E-state index contributed by atoms with van der Waals surface area (Å²) in [6, 6.07) is 5.64. The lowest BCUT2D eigenvalue weighted by Crippen LogP contribution is -2.35. The molecule has 2 aromatic rings. The Bertz CT molecular complexity index is 855. The molecule has 1 aromatic carbocycles. The van der Waals surface area contributed by atoms with E-state index in [1.54, 1.807) is 11.1 Å². The number of hydrogen-bond acceptors (Lipinski definition) is 5. The number of ether oxygens (including phenoxy) is 1. The average molecular weight is 359 g/mol. The fraction of sp³-hybridized carbons (Fsp3) is 0.368. The molecule has 1 atom stereocenters. The Labute approximate surface area is 151 Å². The van der Waals surface area contributed by atoms with Crippen molar-refractivity contribution in [2.45, 2.75) is 32.4 Å². The molecule has 0 radical (unpaired) electrons. The quantitative estimate of drug-likeness (QED) is 0.824. The maximum Gasteiger partial charge on any atom is 0.340 e. The highest BCUT2D eigenvalue weighted by molar-refractivity contribution is 6.17. The van der Waals surface area contributed by atoms with Gasteiger partial charge in [0.15, 0.2) is 6.23 Å². The van der Waals surface area contributed by atoms with E-state index < -0.39 is 17.6 Å². The largest absolute Gasteiger partial charge is 0.465 e. The van der Waals surface area contributed by atoms with E-state index in [2.05, 4.69) is 10.2 Å². The lowest BCUT2D eigenvalue weighted by molar-refractivity contribution is -0.133. The molecule has 0 amide bonds. The molecule has 0 fully saturated rings. The number of aliphatic hydroxyl groups is 1. The molecular weight excluding hydrogens is 337 g/mol. The third-order valence-electron chi connectivity index (χ3n) is 4.65. The van der Waals surface area contributed by atoms with Crippen LogP contribution in [0.5, 0.6) is 0 Å². The molecule has 2 N–H and O–H groups in total. The van der Waals surface area contributed by atoms with Crippen LogP contribution >= 0.6 is 0 Å². The minimum atomic E-state index is -1.04. The molecule has 0 aliphatic carbocycles. The van der Waals surface area contributed by atoms with Crippen molar-refractivity contribution in [2.75, 3.05) is 13.7 Å². The van der Waals surface area contributed by atoms with Crippen LogP contribution in [0, 0.1) is 12.7 Å². The smallest absolute Gasteiger partial charge is 0.340 e. The van der Waals surface area contributed by atoms with Gasteiger partial charge < -0.3 is 14.7 Å². The fourth-order valence-corrected chi connectivity index (χ4v) is 3.31. The number of rotatable bonds is 3. The molecule has 1 aliphatic heterocycles. The number of aryl methyl sites for hydroxylation is 1. The second-order valence-electron chi connectivity index (χ2n) is 7.07. The molecule has 0 bridgehead atoms. The second kappa shape index (κ2) is 6.57. The summed E-state index contributed by atoms with van der Waals surface area (Å²) in [6.07, 6.45) is 0.558. The fourth-order valence-electron chi connectivity index (χ4n) is 3.31. The Morgan fingerprint density at radius 2 is 2.04 bits per heavy atom. The zero-order valence-corrected chi connectivity index (χ0v) is 15.2. The number of esters is 1. The summed E-state index contributed by atoms with van der Waals surface area (Å²) in [6.45, 7) is 6.23. The topological polar surface area (TPSA) is 78.5 Å². The van der Waals surface area contributed by atoms with E-state index >= 15 is 0 Å². The molecule has 26 heavy (non-hydrogen) atoms. The molecule has 1 aromatic heterocycles. The summed E-state index contributed by atoms with van der Waals surface area (Å²) in [5.41, 5.74) is 2.60. The van der Waals surface area contributed by atoms with E-state index in [1.807, 2.05) is 20.8 Å². The molecular formula is C19H22FN3O3. The molecule has 2 heterocycles.